The minimum absolute atomic E-state index is 0.0876. The van der Waals surface area contributed by atoms with Crippen molar-refractivity contribution in [3.8, 4) is 5.75 Å². The van der Waals surface area contributed by atoms with Gasteiger partial charge in [0, 0.05) is 5.71 Å². The maximum atomic E-state index is 12.5. The molecular weight excluding hydrogens is 286 g/mol. The molecule has 0 spiro atoms. The van der Waals surface area contributed by atoms with Crippen LogP contribution in [0.1, 0.15) is 40.2 Å². The summed E-state index contributed by atoms with van der Waals surface area (Å²) < 4.78 is 34.1. The molecule has 0 aromatic heterocycles. The highest BCUT2D eigenvalue weighted by atomic mass is 32.2. The number of methoxy groups -OCH3 is 1. The van der Waals surface area contributed by atoms with Crippen LogP contribution < -0.4 is 4.74 Å². The van der Waals surface area contributed by atoms with Crippen molar-refractivity contribution in [3.05, 3.63) is 23.8 Å². The first-order chi connectivity index (χ1) is 9.67. The molecule has 0 aliphatic heterocycles. The number of ether oxygens (including phenoxy) is 1. The molecule has 1 aromatic carbocycles. The van der Waals surface area contributed by atoms with Crippen molar-refractivity contribution in [1.29, 1.82) is 0 Å². The van der Waals surface area contributed by atoms with Crippen LogP contribution in [0.3, 0.4) is 0 Å². The second-order valence-corrected chi connectivity index (χ2v) is 7.52. The second-order valence-electron chi connectivity index (χ2n) is 5.95. The van der Waals surface area contributed by atoms with Crippen LogP contribution in [0.25, 0.3) is 0 Å². The van der Waals surface area contributed by atoms with Gasteiger partial charge in [-0.25, -0.2) is 0 Å². The molecule has 4 nitrogen and oxygen atoms in total. The quantitative estimate of drug-likeness (QED) is 0.753. The van der Waals surface area contributed by atoms with Gasteiger partial charge in [0.25, 0.3) is 10.0 Å². The van der Waals surface area contributed by atoms with Crippen molar-refractivity contribution in [2.45, 2.75) is 45.9 Å². The maximum absolute atomic E-state index is 12.5. The van der Waals surface area contributed by atoms with Gasteiger partial charge in [-0.1, -0.05) is 33.8 Å². The molecular formula is C16H25NO3S. The van der Waals surface area contributed by atoms with Crippen LogP contribution in [-0.2, 0) is 16.4 Å². The zero-order valence-electron chi connectivity index (χ0n) is 13.7. The van der Waals surface area contributed by atoms with Crippen LogP contribution in [0.2, 0.25) is 0 Å². The van der Waals surface area contributed by atoms with Crippen molar-refractivity contribution in [3.63, 3.8) is 0 Å². The third-order valence-electron chi connectivity index (χ3n) is 3.25. The summed E-state index contributed by atoms with van der Waals surface area (Å²) in [5.41, 5.74) is 1.56. The molecule has 0 atom stereocenters. The molecule has 0 fully saturated rings. The van der Waals surface area contributed by atoms with Crippen molar-refractivity contribution < 1.29 is 13.2 Å². The van der Waals surface area contributed by atoms with E-state index in [0.717, 1.165) is 12.0 Å². The predicted octanol–water partition coefficient (Wildman–Crippen LogP) is 3.70. The monoisotopic (exact) mass is 311 g/mol. The van der Waals surface area contributed by atoms with Gasteiger partial charge >= 0.3 is 0 Å². The van der Waals surface area contributed by atoms with E-state index in [1.54, 1.807) is 19.1 Å². The van der Waals surface area contributed by atoms with E-state index < -0.39 is 10.0 Å². The summed E-state index contributed by atoms with van der Waals surface area (Å²) in [7, 11) is -2.27. The fraction of sp³-hybridized carbons (Fsp3) is 0.562. The Morgan fingerprint density at radius 2 is 1.86 bits per heavy atom. The minimum atomic E-state index is -3.74. The Hall–Kier alpha value is -1.36. The van der Waals surface area contributed by atoms with Crippen LogP contribution in [0.5, 0.6) is 5.75 Å². The van der Waals surface area contributed by atoms with Crippen LogP contribution in [0.4, 0.5) is 0 Å². The molecule has 0 saturated carbocycles. The molecule has 0 unspecified atom stereocenters. The van der Waals surface area contributed by atoms with Gasteiger partial charge in [0.15, 0.2) is 0 Å². The van der Waals surface area contributed by atoms with Crippen LogP contribution in [0.15, 0.2) is 27.5 Å². The minimum Gasteiger partial charge on any atom is -0.495 e. The average molecular weight is 311 g/mol. The van der Waals surface area contributed by atoms with Gasteiger partial charge in [-0.15, -0.1) is 0 Å². The fourth-order valence-electron chi connectivity index (χ4n) is 1.87. The van der Waals surface area contributed by atoms with Gasteiger partial charge in [0.05, 0.1) is 7.11 Å². The highest BCUT2D eigenvalue weighted by Crippen LogP contribution is 2.28. The van der Waals surface area contributed by atoms with Gasteiger partial charge in [-0.3, -0.25) is 0 Å². The number of benzene rings is 1. The summed E-state index contributed by atoms with van der Waals surface area (Å²) in [4.78, 5) is 0.142. The lowest BCUT2D eigenvalue weighted by Crippen LogP contribution is -2.09. The molecule has 1 aromatic rings. The first kappa shape index (κ1) is 17.7. The van der Waals surface area contributed by atoms with Gasteiger partial charge in [-0.2, -0.15) is 12.8 Å². The first-order valence-corrected chi connectivity index (χ1v) is 8.59. The largest absolute Gasteiger partial charge is 0.495 e. The van der Waals surface area contributed by atoms with E-state index in [1.165, 1.54) is 7.11 Å². The van der Waals surface area contributed by atoms with Crippen molar-refractivity contribution in [1.82, 2.24) is 0 Å². The molecule has 1 rings (SSSR count). The topological polar surface area (TPSA) is 55.7 Å². The van der Waals surface area contributed by atoms with Gasteiger partial charge in [-0.05, 0) is 42.9 Å². The van der Waals surface area contributed by atoms with Crippen molar-refractivity contribution in [2.75, 3.05) is 7.11 Å². The Kier molecular flexibility index (Phi) is 5.96. The fourth-order valence-corrected chi connectivity index (χ4v) is 3.26. The number of hydrogen-bond acceptors (Lipinski definition) is 3. The van der Waals surface area contributed by atoms with E-state index in [-0.39, 0.29) is 10.8 Å². The first-order valence-electron chi connectivity index (χ1n) is 7.15. The van der Waals surface area contributed by atoms with Gasteiger partial charge in [0.1, 0.15) is 10.6 Å². The average Bonchev–Trinajstić information content (AvgIpc) is 2.37. The smallest absolute Gasteiger partial charge is 0.285 e. The van der Waals surface area contributed by atoms with Crippen molar-refractivity contribution >= 4 is 15.7 Å². The zero-order valence-corrected chi connectivity index (χ0v) is 14.5. The van der Waals surface area contributed by atoms with E-state index in [0.29, 0.717) is 17.4 Å². The van der Waals surface area contributed by atoms with Gasteiger partial charge in [0.2, 0.25) is 0 Å². The standard InChI is InChI=1S/C16H25NO3S/c1-11(2)9-14-7-8-15(20-6)16(10-14)21(18,19)17-13(5)12(3)4/h7-8,10-12H,9H2,1-6H3/b17-13+. The van der Waals surface area contributed by atoms with Crippen LogP contribution in [-0.4, -0.2) is 21.2 Å². The van der Waals surface area contributed by atoms with E-state index in [2.05, 4.69) is 18.2 Å². The summed E-state index contributed by atoms with van der Waals surface area (Å²) in [5.74, 6) is 0.877. The van der Waals surface area contributed by atoms with Gasteiger partial charge < -0.3 is 4.74 Å². The predicted molar refractivity (Wildman–Crippen MR) is 86.7 cm³/mol. The Bertz CT molecular complexity index is 616. The molecule has 0 aliphatic carbocycles. The third-order valence-corrected chi connectivity index (χ3v) is 4.65. The van der Waals surface area contributed by atoms with E-state index in [1.807, 2.05) is 19.9 Å². The summed E-state index contributed by atoms with van der Waals surface area (Å²) in [6.07, 6.45) is 0.819. The zero-order chi connectivity index (χ0) is 16.2. The molecule has 118 valence electrons. The maximum Gasteiger partial charge on any atom is 0.285 e. The molecule has 0 aliphatic rings. The number of nitrogens with zero attached hydrogens (tertiary/aromatic N) is 1. The van der Waals surface area contributed by atoms with Crippen LogP contribution in [0, 0.1) is 11.8 Å². The lowest BCUT2D eigenvalue weighted by atomic mass is 10.0. The lowest BCUT2D eigenvalue weighted by molar-refractivity contribution is 0.402. The SMILES string of the molecule is COc1ccc(CC(C)C)cc1S(=O)(=O)/N=C(\C)C(C)C. The Balaban J connectivity index is 3.35. The third kappa shape index (κ3) is 4.84. The second kappa shape index (κ2) is 7.07. The molecule has 0 bridgehead atoms. The lowest BCUT2D eigenvalue weighted by Gasteiger charge is -2.12. The molecule has 0 N–H and O–H groups in total. The summed E-state index contributed by atoms with van der Waals surface area (Å²) >= 11 is 0. The molecule has 21 heavy (non-hydrogen) atoms. The number of rotatable bonds is 6. The van der Waals surface area contributed by atoms with E-state index in [4.69, 9.17) is 4.74 Å². The normalized spacial score (nSPS) is 13.0. The number of hydrogen-bond donors (Lipinski definition) is 0. The highest BCUT2D eigenvalue weighted by molar-refractivity contribution is 7.90. The summed E-state index contributed by atoms with van der Waals surface area (Å²) in [6, 6.07) is 5.27. The number of sulfonamides is 1. The van der Waals surface area contributed by atoms with Crippen molar-refractivity contribution in [2.24, 2.45) is 16.2 Å². The molecule has 5 heteroatoms. The summed E-state index contributed by atoms with van der Waals surface area (Å²) in [6.45, 7) is 9.76. The van der Waals surface area contributed by atoms with E-state index in [9.17, 15) is 8.42 Å². The Labute approximate surface area is 128 Å². The van der Waals surface area contributed by atoms with Crippen LogP contribution >= 0.6 is 0 Å². The molecule has 0 amide bonds. The molecule has 0 saturated heterocycles. The molecule has 0 heterocycles. The Morgan fingerprint density at radius 1 is 1.24 bits per heavy atom. The summed E-state index contributed by atoms with van der Waals surface area (Å²) in [5, 5.41) is 0. The van der Waals surface area contributed by atoms with E-state index >= 15 is 0 Å². The highest BCUT2D eigenvalue weighted by Gasteiger charge is 2.20. The Morgan fingerprint density at radius 3 is 2.33 bits per heavy atom. The molecule has 0 radical (unpaired) electrons.